The molecule has 0 spiro atoms. The number of hydrogen-bond acceptors (Lipinski definition) is 4. The van der Waals surface area contributed by atoms with Crippen molar-refractivity contribution in [3.05, 3.63) is 64.8 Å². The lowest BCUT2D eigenvalue weighted by Crippen LogP contribution is -2.31. The van der Waals surface area contributed by atoms with Gasteiger partial charge in [-0.25, -0.2) is 4.79 Å². The standard InChI is InChI=1S/C22H24N2O3/c1-4-26-22(25)20-15(2)23(3)18-10-11-19-17(21(18)20)13-24(14-27-19)12-16-8-6-5-7-9-16/h5-11H,4,12-14H2,1-3H3. The third-order valence-corrected chi connectivity index (χ3v) is 5.24. The van der Waals surface area contributed by atoms with E-state index in [9.17, 15) is 4.79 Å². The van der Waals surface area contributed by atoms with Crippen LogP contribution in [0.4, 0.5) is 0 Å². The first-order valence-electron chi connectivity index (χ1n) is 9.27. The van der Waals surface area contributed by atoms with Gasteiger partial charge in [0.25, 0.3) is 0 Å². The van der Waals surface area contributed by atoms with Crippen LogP contribution in [0.5, 0.6) is 5.75 Å². The third kappa shape index (κ3) is 3.08. The summed E-state index contributed by atoms with van der Waals surface area (Å²) in [4.78, 5) is 14.9. The molecule has 0 N–H and O–H groups in total. The number of esters is 1. The number of nitrogens with zero attached hydrogens (tertiary/aromatic N) is 2. The van der Waals surface area contributed by atoms with E-state index in [0.29, 0.717) is 18.9 Å². The normalized spacial score (nSPS) is 14.0. The van der Waals surface area contributed by atoms with Crippen molar-refractivity contribution >= 4 is 16.9 Å². The molecule has 0 saturated heterocycles. The smallest absolute Gasteiger partial charge is 0.340 e. The van der Waals surface area contributed by atoms with Crippen LogP contribution < -0.4 is 4.74 Å². The van der Waals surface area contributed by atoms with Gasteiger partial charge in [0.2, 0.25) is 0 Å². The van der Waals surface area contributed by atoms with Gasteiger partial charge in [0.15, 0.2) is 0 Å². The minimum absolute atomic E-state index is 0.269. The molecule has 5 heteroatoms. The first-order chi connectivity index (χ1) is 13.1. The van der Waals surface area contributed by atoms with Crippen LogP contribution in [-0.2, 0) is 24.9 Å². The number of hydrogen-bond donors (Lipinski definition) is 0. The fourth-order valence-electron chi connectivity index (χ4n) is 3.82. The molecule has 1 aliphatic rings. The summed E-state index contributed by atoms with van der Waals surface area (Å²) < 4.78 is 13.4. The van der Waals surface area contributed by atoms with E-state index in [1.54, 1.807) is 0 Å². The zero-order valence-corrected chi connectivity index (χ0v) is 16.0. The molecule has 5 nitrogen and oxygen atoms in total. The quantitative estimate of drug-likeness (QED) is 0.656. The van der Waals surface area contributed by atoms with Gasteiger partial charge in [-0.2, -0.15) is 0 Å². The maximum atomic E-state index is 12.7. The monoisotopic (exact) mass is 364 g/mol. The summed E-state index contributed by atoms with van der Waals surface area (Å²) in [6.07, 6.45) is 0. The highest BCUT2D eigenvalue weighted by Gasteiger charge is 2.27. The minimum Gasteiger partial charge on any atom is -0.478 e. The Balaban J connectivity index is 1.78. The second-order valence-electron chi connectivity index (χ2n) is 6.92. The van der Waals surface area contributed by atoms with E-state index in [2.05, 4.69) is 21.6 Å². The number of aromatic nitrogens is 1. The molecule has 0 saturated carbocycles. The van der Waals surface area contributed by atoms with E-state index in [0.717, 1.165) is 41.0 Å². The zero-order valence-electron chi connectivity index (χ0n) is 16.0. The average molecular weight is 364 g/mol. The highest BCUT2D eigenvalue weighted by Crippen LogP contribution is 2.37. The van der Waals surface area contributed by atoms with Gasteiger partial charge in [0.1, 0.15) is 12.5 Å². The summed E-state index contributed by atoms with van der Waals surface area (Å²) in [7, 11) is 1.98. The van der Waals surface area contributed by atoms with Crippen LogP contribution >= 0.6 is 0 Å². The molecule has 2 heterocycles. The molecule has 140 valence electrons. The van der Waals surface area contributed by atoms with E-state index in [1.807, 2.05) is 51.2 Å². The molecule has 0 unspecified atom stereocenters. The summed E-state index contributed by atoms with van der Waals surface area (Å²) in [5, 5.41) is 0.948. The van der Waals surface area contributed by atoms with Crippen LogP contribution in [0.3, 0.4) is 0 Å². The molecule has 3 aromatic rings. The van der Waals surface area contributed by atoms with Crippen LogP contribution in [-0.4, -0.2) is 28.8 Å². The van der Waals surface area contributed by atoms with Crippen molar-refractivity contribution in [2.24, 2.45) is 7.05 Å². The van der Waals surface area contributed by atoms with Crippen LogP contribution in [0.2, 0.25) is 0 Å². The lowest BCUT2D eigenvalue weighted by Gasteiger charge is -2.29. The van der Waals surface area contributed by atoms with Crippen molar-refractivity contribution in [3.63, 3.8) is 0 Å². The number of ether oxygens (including phenoxy) is 2. The Morgan fingerprint density at radius 3 is 2.70 bits per heavy atom. The highest BCUT2D eigenvalue weighted by atomic mass is 16.5. The maximum Gasteiger partial charge on any atom is 0.340 e. The Labute approximate surface area is 159 Å². The Hall–Kier alpha value is -2.79. The largest absolute Gasteiger partial charge is 0.478 e. The van der Waals surface area contributed by atoms with Crippen molar-refractivity contribution < 1.29 is 14.3 Å². The van der Waals surface area contributed by atoms with Crippen LogP contribution in [0, 0.1) is 6.92 Å². The highest BCUT2D eigenvalue weighted by molar-refractivity contribution is 6.08. The zero-order chi connectivity index (χ0) is 19.0. The van der Waals surface area contributed by atoms with Gasteiger partial charge in [-0.05, 0) is 31.5 Å². The topological polar surface area (TPSA) is 43.7 Å². The second kappa shape index (κ2) is 7.08. The van der Waals surface area contributed by atoms with Gasteiger partial charge < -0.3 is 14.0 Å². The van der Waals surface area contributed by atoms with Gasteiger partial charge in [0.05, 0.1) is 12.2 Å². The number of benzene rings is 2. The fourth-order valence-corrected chi connectivity index (χ4v) is 3.82. The van der Waals surface area contributed by atoms with Crippen LogP contribution in [0.25, 0.3) is 10.9 Å². The molecular weight excluding hydrogens is 340 g/mol. The summed E-state index contributed by atoms with van der Waals surface area (Å²) >= 11 is 0. The third-order valence-electron chi connectivity index (χ3n) is 5.24. The van der Waals surface area contributed by atoms with Crippen LogP contribution in [0.1, 0.15) is 34.1 Å². The SMILES string of the molecule is CCOC(=O)c1c(C)n(C)c2ccc3c(c12)CN(Cc1ccccc1)CO3. The molecule has 0 bridgehead atoms. The summed E-state index contributed by atoms with van der Waals surface area (Å²) in [6.45, 7) is 6.23. The minimum atomic E-state index is -0.269. The summed E-state index contributed by atoms with van der Waals surface area (Å²) in [5.41, 5.74) is 4.89. The average Bonchev–Trinajstić information content (AvgIpc) is 2.94. The Bertz CT molecular complexity index is 992. The number of carbonyl (C=O) groups is 1. The van der Waals surface area contributed by atoms with Crippen LogP contribution in [0.15, 0.2) is 42.5 Å². The van der Waals surface area contributed by atoms with E-state index in [4.69, 9.17) is 9.47 Å². The fraction of sp³-hybridized carbons (Fsp3) is 0.318. The van der Waals surface area contributed by atoms with Crippen molar-refractivity contribution in [2.75, 3.05) is 13.3 Å². The molecule has 4 rings (SSSR count). The van der Waals surface area contributed by atoms with Crippen molar-refractivity contribution in [1.29, 1.82) is 0 Å². The molecule has 0 atom stereocenters. The van der Waals surface area contributed by atoms with E-state index < -0.39 is 0 Å². The van der Waals surface area contributed by atoms with Gasteiger partial charge in [-0.1, -0.05) is 30.3 Å². The first kappa shape index (κ1) is 17.6. The second-order valence-corrected chi connectivity index (χ2v) is 6.92. The predicted octanol–water partition coefficient (Wildman–Crippen LogP) is 4.02. The Morgan fingerprint density at radius 1 is 1.19 bits per heavy atom. The molecule has 0 fully saturated rings. The molecule has 0 amide bonds. The predicted molar refractivity (Wildman–Crippen MR) is 105 cm³/mol. The van der Waals surface area contributed by atoms with Gasteiger partial charge in [-0.3, -0.25) is 4.90 Å². The molecule has 1 aliphatic heterocycles. The van der Waals surface area contributed by atoms with E-state index >= 15 is 0 Å². The van der Waals surface area contributed by atoms with Gasteiger partial charge in [-0.15, -0.1) is 0 Å². The molecule has 2 aromatic carbocycles. The van der Waals surface area contributed by atoms with Crippen molar-refractivity contribution in [3.8, 4) is 5.75 Å². The van der Waals surface area contributed by atoms with E-state index in [1.165, 1.54) is 5.56 Å². The number of aryl methyl sites for hydroxylation is 1. The Morgan fingerprint density at radius 2 is 1.96 bits per heavy atom. The lowest BCUT2D eigenvalue weighted by atomic mass is 10.0. The van der Waals surface area contributed by atoms with Gasteiger partial charge in [0, 0.05) is 42.3 Å². The maximum absolute atomic E-state index is 12.7. The number of fused-ring (bicyclic) bond motifs is 3. The molecule has 1 aromatic heterocycles. The molecular formula is C22H24N2O3. The number of carbonyl (C=O) groups excluding carboxylic acids is 1. The van der Waals surface area contributed by atoms with E-state index in [-0.39, 0.29) is 5.97 Å². The lowest BCUT2D eigenvalue weighted by molar-refractivity contribution is 0.0527. The summed E-state index contributed by atoms with van der Waals surface area (Å²) in [5.74, 6) is 0.581. The van der Waals surface area contributed by atoms with Crippen molar-refractivity contribution in [1.82, 2.24) is 9.47 Å². The Kier molecular flexibility index (Phi) is 4.62. The van der Waals surface area contributed by atoms with Crippen molar-refractivity contribution in [2.45, 2.75) is 26.9 Å². The van der Waals surface area contributed by atoms with Gasteiger partial charge >= 0.3 is 5.97 Å². The molecule has 27 heavy (non-hydrogen) atoms. The molecule has 0 radical (unpaired) electrons. The first-order valence-corrected chi connectivity index (χ1v) is 9.27. The molecule has 0 aliphatic carbocycles. The summed E-state index contributed by atoms with van der Waals surface area (Å²) in [6, 6.07) is 14.4. The number of rotatable bonds is 4.